The molecule has 4 aromatic rings. The predicted octanol–water partition coefficient (Wildman–Crippen LogP) is 7.37. The van der Waals surface area contributed by atoms with Crippen molar-refractivity contribution in [2.45, 2.75) is 42.9 Å². The summed E-state index contributed by atoms with van der Waals surface area (Å²) in [6, 6.07) is 19.3. The third-order valence-corrected chi connectivity index (χ3v) is 7.26. The van der Waals surface area contributed by atoms with Crippen LogP contribution in [0, 0.1) is 6.92 Å². The maximum atomic E-state index is 13.0. The van der Waals surface area contributed by atoms with Crippen molar-refractivity contribution in [3.05, 3.63) is 93.6 Å². The highest BCUT2D eigenvalue weighted by Crippen LogP contribution is 2.42. The van der Waals surface area contributed by atoms with Gasteiger partial charge in [0.15, 0.2) is 5.75 Å². The molecule has 0 aliphatic rings. The minimum Gasteiger partial charge on any atom is -0.504 e. The monoisotopic (exact) mass is 505 g/mol. The van der Waals surface area contributed by atoms with E-state index in [0.29, 0.717) is 17.1 Å². The number of rotatable bonds is 8. The van der Waals surface area contributed by atoms with Crippen LogP contribution in [0.15, 0.2) is 81.4 Å². The highest BCUT2D eigenvalue weighted by molar-refractivity contribution is 7.99. The van der Waals surface area contributed by atoms with Gasteiger partial charge in [-0.25, -0.2) is 0 Å². The summed E-state index contributed by atoms with van der Waals surface area (Å²) in [4.78, 5) is 23.5. The fourth-order valence-electron chi connectivity index (χ4n) is 4.00. The molecule has 0 spiro atoms. The quantitative estimate of drug-likeness (QED) is 0.261. The van der Waals surface area contributed by atoms with E-state index in [2.05, 4.69) is 16.9 Å². The minimum absolute atomic E-state index is 0.0190. The predicted molar refractivity (Wildman–Crippen MR) is 145 cm³/mol. The van der Waals surface area contributed by atoms with Gasteiger partial charge >= 0.3 is 0 Å². The van der Waals surface area contributed by atoms with Gasteiger partial charge in [0.05, 0.1) is 0 Å². The standard InChI is InChI=1S/C28H28ClN3O2S/c1-4-5-8-24-25(32(3)21-13-11-20(29)12-14-21)26(33)27(28(34)31-24)35-22-15-9-19(10-16-22)23-7-6-17-30-18(23)2/h6-7,9-17H,4-5,8H2,1-3H3,(H2,31,33,34). The van der Waals surface area contributed by atoms with Gasteiger partial charge in [-0.1, -0.05) is 54.9 Å². The lowest BCUT2D eigenvalue weighted by atomic mass is 10.1. The summed E-state index contributed by atoms with van der Waals surface area (Å²) in [5.74, 6) is -0.0190. The lowest BCUT2D eigenvalue weighted by Crippen LogP contribution is -2.19. The molecule has 0 atom stereocenters. The normalized spacial score (nSPS) is 11.0. The molecular formula is C28H28ClN3O2S. The number of aryl methyl sites for hydroxylation is 2. The molecule has 2 aromatic carbocycles. The van der Waals surface area contributed by atoms with Crippen LogP contribution in [0.5, 0.6) is 5.75 Å². The molecule has 0 amide bonds. The highest BCUT2D eigenvalue weighted by Gasteiger charge is 2.22. The van der Waals surface area contributed by atoms with Gasteiger partial charge in [-0.05, 0) is 67.8 Å². The van der Waals surface area contributed by atoms with Gasteiger partial charge in [-0.3, -0.25) is 9.78 Å². The summed E-state index contributed by atoms with van der Waals surface area (Å²) in [5.41, 5.74) is 4.97. The number of H-pyrrole nitrogens is 1. The van der Waals surface area contributed by atoms with Crippen LogP contribution in [0.4, 0.5) is 11.4 Å². The van der Waals surface area contributed by atoms with E-state index in [1.807, 2.05) is 79.5 Å². The van der Waals surface area contributed by atoms with E-state index >= 15 is 0 Å². The second-order valence-electron chi connectivity index (χ2n) is 8.36. The Morgan fingerprint density at radius 1 is 1.09 bits per heavy atom. The second-order valence-corrected chi connectivity index (χ2v) is 9.88. The number of nitrogens with one attached hydrogen (secondary N) is 1. The topological polar surface area (TPSA) is 69.2 Å². The zero-order chi connectivity index (χ0) is 24.9. The molecule has 180 valence electrons. The summed E-state index contributed by atoms with van der Waals surface area (Å²) >= 11 is 7.32. The van der Waals surface area contributed by atoms with Crippen molar-refractivity contribution in [3.63, 3.8) is 0 Å². The Bertz CT molecular complexity index is 1370. The van der Waals surface area contributed by atoms with Crippen LogP contribution in [-0.4, -0.2) is 22.1 Å². The number of unbranched alkanes of at least 4 members (excludes halogenated alkanes) is 1. The fraction of sp³-hybridized carbons (Fsp3) is 0.214. The Kier molecular flexibility index (Phi) is 7.83. The van der Waals surface area contributed by atoms with Crippen molar-refractivity contribution >= 4 is 34.7 Å². The molecule has 0 aliphatic heterocycles. The van der Waals surface area contributed by atoms with Crippen LogP contribution in [0.1, 0.15) is 31.2 Å². The molecule has 35 heavy (non-hydrogen) atoms. The van der Waals surface area contributed by atoms with Gasteiger partial charge in [0.1, 0.15) is 10.6 Å². The first kappa shape index (κ1) is 24.9. The molecule has 2 aromatic heterocycles. The van der Waals surface area contributed by atoms with Crippen LogP contribution in [0.2, 0.25) is 5.02 Å². The Labute approximate surface area is 214 Å². The zero-order valence-corrected chi connectivity index (χ0v) is 21.6. The van der Waals surface area contributed by atoms with E-state index in [0.717, 1.165) is 45.9 Å². The molecule has 0 unspecified atom stereocenters. The molecular weight excluding hydrogens is 478 g/mol. The largest absolute Gasteiger partial charge is 0.504 e. The maximum Gasteiger partial charge on any atom is 0.266 e. The molecule has 5 nitrogen and oxygen atoms in total. The average Bonchev–Trinajstić information content (AvgIpc) is 2.86. The lowest BCUT2D eigenvalue weighted by molar-refractivity contribution is 0.459. The van der Waals surface area contributed by atoms with Crippen LogP contribution in [-0.2, 0) is 6.42 Å². The number of pyridine rings is 2. The summed E-state index contributed by atoms with van der Waals surface area (Å²) in [7, 11) is 1.88. The van der Waals surface area contributed by atoms with Crippen LogP contribution in [0.3, 0.4) is 0 Å². The van der Waals surface area contributed by atoms with Crippen molar-refractivity contribution in [2.24, 2.45) is 0 Å². The molecule has 0 radical (unpaired) electrons. The lowest BCUT2D eigenvalue weighted by Gasteiger charge is -2.24. The number of hydrogen-bond acceptors (Lipinski definition) is 5. The van der Waals surface area contributed by atoms with Crippen LogP contribution < -0.4 is 10.5 Å². The fourth-order valence-corrected chi connectivity index (χ4v) is 4.98. The van der Waals surface area contributed by atoms with Gasteiger partial charge in [0, 0.05) is 45.8 Å². The van der Waals surface area contributed by atoms with Crippen molar-refractivity contribution < 1.29 is 5.11 Å². The molecule has 0 saturated carbocycles. The van der Waals surface area contributed by atoms with Gasteiger partial charge in [0.2, 0.25) is 0 Å². The summed E-state index contributed by atoms with van der Waals surface area (Å²) < 4.78 is 0. The molecule has 0 aliphatic carbocycles. The van der Waals surface area contributed by atoms with Gasteiger partial charge in [0.25, 0.3) is 5.56 Å². The molecule has 4 rings (SSSR count). The Morgan fingerprint density at radius 2 is 1.80 bits per heavy atom. The summed E-state index contributed by atoms with van der Waals surface area (Å²) in [6.45, 7) is 4.08. The molecule has 0 saturated heterocycles. The van der Waals surface area contributed by atoms with Crippen molar-refractivity contribution in [2.75, 3.05) is 11.9 Å². The van der Waals surface area contributed by atoms with Crippen molar-refractivity contribution in [3.8, 4) is 16.9 Å². The first-order valence-corrected chi connectivity index (χ1v) is 12.8. The van der Waals surface area contributed by atoms with Crippen molar-refractivity contribution in [1.82, 2.24) is 9.97 Å². The second kappa shape index (κ2) is 11.0. The van der Waals surface area contributed by atoms with Crippen LogP contribution >= 0.6 is 23.4 Å². The van der Waals surface area contributed by atoms with E-state index in [-0.39, 0.29) is 16.2 Å². The first-order valence-electron chi connectivity index (χ1n) is 11.6. The Hall–Kier alpha value is -3.22. The van der Waals surface area contributed by atoms with E-state index in [4.69, 9.17) is 11.6 Å². The van der Waals surface area contributed by atoms with Gasteiger partial charge in [-0.2, -0.15) is 0 Å². The number of aromatic hydroxyl groups is 1. The Morgan fingerprint density at radius 3 is 2.46 bits per heavy atom. The number of halogens is 1. The number of anilines is 2. The summed E-state index contributed by atoms with van der Waals surface area (Å²) in [5, 5.41) is 12.0. The van der Waals surface area contributed by atoms with E-state index in [1.165, 1.54) is 11.8 Å². The number of hydrogen-bond donors (Lipinski definition) is 2. The Balaban J connectivity index is 1.71. The third kappa shape index (κ3) is 5.55. The van der Waals surface area contributed by atoms with E-state index < -0.39 is 0 Å². The average molecular weight is 506 g/mol. The van der Waals surface area contributed by atoms with E-state index in [1.54, 1.807) is 6.20 Å². The third-order valence-electron chi connectivity index (χ3n) is 5.92. The number of nitrogens with zero attached hydrogens (tertiary/aromatic N) is 2. The minimum atomic E-state index is -0.293. The number of aromatic amines is 1. The number of benzene rings is 2. The smallest absolute Gasteiger partial charge is 0.266 e. The maximum absolute atomic E-state index is 13.0. The first-order chi connectivity index (χ1) is 16.9. The molecule has 2 N–H and O–H groups in total. The van der Waals surface area contributed by atoms with Gasteiger partial charge < -0.3 is 15.0 Å². The summed E-state index contributed by atoms with van der Waals surface area (Å²) in [6.07, 6.45) is 4.32. The zero-order valence-electron chi connectivity index (χ0n) is 20.0. The SMILES string of the molecule is CCCCc1[nH]c(=O)c(Sc2ccc(-c3cccnc3C)cc2)c(O)c1N(C)c1ccc(Cl)cc1. The van der Waals surface area contributed by atoms with Crippen LogP contribution in [0.25, 0.3) is 11.1 Å². The van der Waals surface area contributed by atoms with Crippen molar-refractivity contribution in [1.29, 1.82) is 0 Å². The molecule has 2 heterocycles. The highest BCUT2D eigenvalue weighted by atomic mass is 35.5. The van der Waals surface area contributed by atoms with Gasteiger partial charge in [-0.15, -0.1) is 0 Å². The molecule has 0 bridgehead atoms. The number of aromatic nitrogens is 2. The van der Waals surface area contributed by atoms with E-state index in [9.17, 15) is 9.90 Å². The molecule has 0 fully saturated rings. The molecule has 7 heteroatoms.